The molecule has 1 aromatic heterocycles. The van der Waals surface area contributed by atoms with Gasteiger partial charge in [-0.3, -0.25) is 4.68 Å². The monoisotopic (exact) mass is 264 g/mol. The lowest BCUT2D eigenvalue weighted by molar-refractivity contribution is 0.243. The average molecular weight is 264 g/mol. The largest absolute Gasteiger partial charge is 0.309 e. The summed E-state index contributed by atoms with van der Waals surface area (Å²) in [6, 6.07) is 1.20. The molecule has 1 N–H and O–H groups in total. The van der Waals surface area contributed by atoms with Crippen molar-refractivity contribution in [3.63, 3.8) is 0 Å². The molecule has 0 aromatic carbocycles. The lowest BCUT2D eigenvalue weighted by Gasteiger charge is -2.25. The Morgan fingerprint density at radius 1 is 1.47 bits per heavy atom. The summed E-state index contributed by atoms with van der Waals surface area (Å²) in [5, 5.41) is 8.02. The smallest absolute Gasteiger partial charge is 0.0641 e. The van der Waals surface area contributed by atoms with Crippen molar-refractivity contribution in [1.82, 2.24) is 20.0 Å². The van der Waals surface area contributed by atoms with Gasteiger partial charge < -0.3 is 10.2 Å². The van der Waals surface area contributed by atoms with Gasteiger partial charge in [0.2, 0.25) is 0 Å². The van der Waals surface area contributed by atoms with Gasteiger partial charge in [0.05, 0.1) is 5.69 Å². The Morgan fingerprint density at radius 2 is 2.16 bits per heavy atom. The predicted octanol–water partition coefficient (Wildman–Crippen LogP) is 2.25. The molecule has 1 aliphatic carbocycles. The number of hydrogen-bond acceptors (Lipinski definition) is 3. The number of nitrogens with one attached hydrogen (secondary N) is 1. The Labute approximate surface area is 117 Å². The van der Waals surface area contributed by atoms with E-state index < -0.39 is 0 Å². The van der Waals surface area contributed by atoms with Crippen molar-refractivity contribution < 1.29 is 0 Å². The molecule has 1 saturated carbocycles. The minimum Gasteiger partial charge on any atom is -0.309 e. The summed E-state index contributed by atoms with van der Waals surface area (Å²) < 4.78 is 1.90. The molecular formula is C15H28N4. The van der Waals surface area contributed by atoms with Crippen molar-refractivity contribution in [1.29, 1.82) is 0 Å². The molecule has 0 saturated heterocycles. The summed E-state index contributed by atoms with van der Waals surface area (Å²) in [5.41, 5.74) is 2.44. The molecule has 0 aliphatic heterocycles. The fourth-order valence-electron chi connectivity index (χ4n) is 3.14. The first-order chi connectivity index (χ1) is 9.08. The lowest BCUT2D eigenvalue weighted by atomic mass is 10.1. The molecule has 0 radical (unpaired) electrons. The van der Waals surface area contributed by atoms with Crippen LogP contribution >= 0.6 is 0 Å². The summed E-state index contributed by atoms with van der Waals surface area (Å²) in [6.07, 6.45) is 7.71. The van der Waals surface area contributed by atoms with Crippen LogP contribution in [0.2, 0.25) is 0 Å². The van der Waals surface area contributed by atoms with Gasteiger partial charge >= 0.3 is 0 Å². The summed E-state index contributed by atoms with van der Waals surface area (Å²) >= 11 is 0. The van der Waals surface area contributed by atoms with E-state index in [1.54, 1.807) is 0 Å². The van der Waals surface area contributed by atoms with Gasteiger partial charge in [0, 0.05) is 44.0 Å². The highest BCUT2D eigenvalue weighted by molar-refractivity contribution is 5.19. The molecule has 1 aromatic rings. The minimum absolute atomic E-state index is 0.380. The number of aryl methyl sites for hydroxylation is 2. The van der Waals surface area contributed by atoms with Crippen LogP contribution < -0.4 is 5.32 Å². The van der Waals surface area contributed by atoms with Crippen LogP contribution in [0.25, 0.3) is 0 Å². The van der Waals surface area contributed by atoms with E-state index in [2.05, 4.69) is 42.4 Å². The first-order valence-corrected chi connectivity index (χ1v) is 7.51. The third-order valence-electron chi connectivity index (χ3n) is 4.38. The van der Waals surface area contributed by atoms with Crippen molar-refractivity contribution in [2.75, 3.05) is 20.1 Å². The average Bonchev–Trinajstić information content (AvgIpc) is 2.98. The number of nitrogens with zero attached hydrogens (tertiary/aromatic N) is 3. The van der Waals surface area contributed by atoms with Crippen LogP contribution in [-0.2, 0) is 7.05 Å². The van der Waals surface area contributed by atoms with Crippen molar-refractivity contribution in [3.05, 3.63) is 17.5 Å². The fourth-order valence-corrected chi connectivity index (χ4v) is 3.14. The van der Waals surface area contributed by atoms with Crippen molar-refractivity contribution >= 4 is 0 Å². The molecule has 4 nitrogen and oxygen atoms in total. The molecule has 1 fully saturated rings. The molecule has 1 aliphatic rings. The first-order valence-electron chi connectivity index (χ1n) is 7.51. The second-order valence-electron chi connectivity index (χ2n) is 5.94. The van der Waals surface area contributed by atoms with Crippen LogP contribution in [0.1, 0.15) is 49.9 Å². The maximum atomic E-state index is 4.40. The number of likely N-dealkylation sites (N-methyl/N-ethyl adjacent to an activating group) is 1. The first kappa shape index (κ1) is 14.5. The molecule has 1 heterocycles. The molecule has 4 heteroatoms. The van der Waals surface area contributed by atoms with Crippen LogP contribution in [0.5, 0.6) is 0 Å². The van der Waals surface area contributed by atoms with Gasteiger partial charge in [-0.1, -0.05) is 12.8 Å². The van der Waals surface area contributed by atoms with E-state index in [4.69, 9.17) is 0 Å². The molecule has 0 bridgehead atoms. The zero-order valence-electron chi connectivity index (χ0n) is 12.8. The van der Waals surface area contributed by atoms with Crippen LogP contribution in [-0.4, -0.2) is 40.9 Å². The Hall–Kier alpha value is -0.870. The number of aromatic nitrogens is 2. The quantitative estimate of drug-likeness (QED) is 0.855. The van der Waals surface area contributed by atoms with Gasteiger partial charge in [0.1, 0.15) is 0 Å². The number of rotatable bonds is 6. The zero-order valence-corrected chi connectivity index (χ0v) is 12.8. The molecule has 108 valence electrons. The molecular weight excluding hydrogens is 236 g/mol. The van der Waals surface area contributed by atoms with E-state index in [0.717, 1.165) is 24.8 Å². The molecule has 2 rings (SSSR count). The van der Waals surface area contributed by atoms with Crippen molar-refractivity contribution in [2.45, 2.75) is 51.6 Å². The fraction of sp³-hybridized carbons (Fsp3) is 0.800. The SMILES string of the molecule is Cc1nn(C)cc1C(C)NCCN(C)C1CCCC1. The molecule has 1 atom stereocenters. The Kier molecular flexibility index (Phi) is 4.99. The molecule has 19 heavy (non-hydrogen) atoms. The summed E-state index contributed by atoms with van der Waals surface area (Å²) in [7, 11) is 4.24. The summed E-state index contributed by atoms with van der Waals surface area (Å²) in [5.74, 6) is 0. The topological polar surface area (TPSA) is 33.1 Å². The third-order valence-corrected chi connectivity index (χ3v) is 4.38. The Balaban J connectivity index is 1.74. The van der Waals surface area contributed by atoms with E-state index >= 15 is 0 Å². The maximum Gasteiger partial charge on any atom is 0.0641 e. The highest BCUT2D eigenvalue weighted by Gasteiger charge is 2.19. The van der Waals surface area contributed by atoms with E-state index in [0.29, 0.717) is 6.04 Å². The lowest BCUT2D eigenvalue weighted by Crippen LogP contribution is -2.36. The van der Waals surface area contributed by atoms with Crippen molar-refractivity contribution in [2.24, 2.45) is 7.05 Å². The van der Waals surface area contributed by atoms with Gasteiger partial charge in [-0.05, 0) is 33.7 Å². The van der Waals surface area contributed by atoms with E-state index in [9.17, 15) is 0 Å². The summed E-state index contributed by atoms with van der Waals surface area (Å²) in [6.45, 7) is 6.48. The molecule has 1 unspecified atom stereocenters. The highest BCUT2D eigenvalue weighted by atomic mass is 15.3. The van der Waals surface area contributed by atoms with Crippen molar-refractivity contribution in [3.8, 4) is 0 Å². The predicted molar refractivity (Wildman–Crippen MR) is 79.2 cm³/mol. The number of hydrogen-bond donors (Lipinski definition) is 1. The van der Waals surface area contributed by atoms with Crippen LogP contribution in [0, 0.1) is 6.92 Å². The Bertz CT molecular complexity index is 393. The van der Waals surface area contributed by atoms with Crippen LogP contribution in [0.15, 0.2) is 6.20 Å². The zero-order chi connectivity index (χ0) is 13.8. The maximum absolute atomic E-state index is 4.40. The van der Waals surface area contributed by atoms with Gasteiger partial charge in [0.25, 0.3) is 0 Å². The van der Waals surface area contributed by atoms with E-state index in [1.807, 2.05) is 11.7 Å². The molecule has 0 amide bonds. The van der Waals surface area contributed by atoms with E-state index in [-0.39, 0.29) is 0 Å². The van der Waals surface area contributed by atoms with Gasteiger partial charge in [-0.15, -0.1) is 0 Å². The van der Waals surface area contributed by atoms with Crippen LogP contribution in [0.4, 0.5) is 0 Å². The Morgan fingerprint density at radius 3 is 2.74 bits per heavy atom. The standard InChI is InChI=1S/C15H28N4/c1-12(15-11-19(4)17-13(15)2)16-9-10-18(3)14-7-5-6-8-14/h11-12,14,16H,5-10H2,1-4H3. The third kappa shape index (κ3) is 3.80. The summed E-state index contributed by atoms with van der Waals surface area (Å²) in [4.78, 5) is 2.52. The normalized spacial score (nSPS) is 18.4. The van der Waals surface area contributed by atoms with Gasteiger partial charge in [0.15, 0.2) is 0 Å². The van der Waals surface area contributed by atoms with Gasteiger partial charge in [-0.2, -0.15) is 5.10 Å². The highest BCUT2D eigenvalue weighted by Crippen LogP contribution is 2.22. The minimum atomic E-state index is 0.380. The second kappa shape index (κ2) is 6.53. The second-order valence-corrected chi connectivity index (χ2v) is 5.94. The molecule has 0 spiro atoms. The van der Waals surface area contributed by atoms with E-state index in [1.165, 1.54) is 31.2 Å². The van der Waals surface area contributed by atoms with Crippen LogP contribution in [0.3, 0.4) is 0 Å². The van der Waals surface area contributed by atoms with Gasteiger partial charge in [-0.25, -0.2) is 0 Å².